The third-order valence-corrected chi connectivity index (χ3v) is 4.90. The van der Waals surface area contributed by atoms with Gasteiger partial charge in [0.15, 0.2) is 0 Å². The van der Waals surface area contributed by atoms with Crippen LogP contribution in [0.1, 0.15) is 43.4 Å². The van der Waals surface area contributed by atoms with E-state index in [0.717, 1.165) is 30.6 Å². The highest BCUT2D eigenvalue weighted by atomic mass is 32.1. The van der Waals surface area contributed by atoms with Gasteiger partial charge in [-0.15, -0.1) is 11.3 Å². The zero-order valence-corrected chi connectivity index (χ0v) is 12.8. The molecule has 21 heavy (non-hydrogen) atoms. The Morgan fingerprint density at radius 1 is 1.29 bits per heavy atom. The Morgan fingerprint density at radius 2 is 2.00 bits per heavy atom. The third kappa shape index (κ3) is 4.43. The van der Waals surface area contributed by atoms with Gasteiger partial charge in [-0.1, -0.05) is 31.7 Å². The number of hydrogen-bond acceptors (Lipinski definition) is 3. The van der Waals surface area contributed by atoms with Crippen molar-refractivity contribution >= 4 is 29.3 Å². The molecule has 1 aromatic heterocycles. The molecule has 1 fully saturated rings. The number of nitrogens with one attached hydrogen (secondary N) is 1. The van der Waals surface area contributed by atoms with E-state index in [1.54, 1.807) is 17.4 Å². The number of carbonyl (C=O) groups excluding carboxylic acids is 1. The second kappa shape index (κ2) is 7.41. The fourth-order valence-corrected chi connectivity index (χ4v) is 3.35. The van der Waals surface area contributed by atoms with Crippen molar-refractivity contribution in [3.05, 3.63) is 28.5 Å². The largest absolute Gasteiger partial charge is 0.481 e. The van der Waals surface area contributed by atoms with E-state index in [0.29, 0.717) is 12.8 Å². The second-order valence-electron chi connectivity index (χ2n) is 5.57. The lowest BCUT2D eigenvalue weighted by Crippen LogP contribution is -2.42. The molecule has 1 aliphatic rings. The zero-order valence-electron chi connectivity index (χ0n) is 12.0. The van der Waals surface area contributed by atoms with Crippen LogP contribution in [0.3, 0.4) is 0 Å². The maximum Gasteiger partial charge on any atom is 0.311 e. The summed E-state index contributed by atoms with van der Waals surface area (Å²) >= 11 is 1.56. The molecule has 1 aliphatic carbocycles. The van der Waals surface area contributed by atoms with Gasteiger partial charge in [0.2, 0.25) is 5.91 Å². The van der Waals surface area contributed by atoms with E-state index < -0.39 is 11.4 Å². The molecule has 0 unspecified atom stereocenters. The highest BCUT2D eigenvalue weighted by Gasteiger charge is 2.38. The topological polar surface area (TPSA) is 66.4 Å². The van der Waals surface area contributed by atoms with Gasteiger partial charge in [0.05, 0.1) is 5.41 Å². The Balaban J connectivity index is 1.92. The van der Waals surface area contributed by atoms with Gasteiger partial charge in [-0.3, -0.25) is 9.59 Å². The average Bonchev–Trinajstić information content (AvgIpc) is 2.87. The van der Waals surface area contributed by atoms with Crippen LogP contribution in [-0.4, -0.2) is 23.5 Å². The number of thiophene rings is 1. The van der Waals surface area contributed by atoms with Crippen LogP contribution in [0.15, 0.2) is 23.6 Å². The van der Waals surface area contributed by atoms with E-state index >= 15 is 0 Å². The van der Waals surface area contributed by atoms with E-state index in [9.17, 15) is 14.7 Å². The predicted molar refractivity (Wildman–Crippen MR) is 84.1 cm³/mol. The highest BCUT2D eigenvalue weighted by Crippen LogP contribution is 2.34. The Morgan fingerprint density at radius 3 is 2.57 bits per heavy atom. The molecule has 0 aromatic carbocycles. The summed E-state index contributed by atoms with van der Waals surface area (Å²) in [5, 5.41) is 14.2. The third-order valence-electron chi connectivity index (χ3n) is 4.06. The van der Waals surface area contributed by atoms with Crippen molar-refractivity contribution in [2.45, 2.75) is 38.5 Å². The molecule has 1 saturated carbocycles. The fourth-order valence-electron chi connectivity index (χ4n) is 2.73. The first-order valence-electron chi connectivity index (χ1n) is 7.35. The van der Waals surface area contributed by atoms with Crippen LogP contribution in [0, 0.1) is 5.41 Å². The van der Waals surface area contributed by atoms with Gasteiger partial charge in [-0.2, -0.15) is 0 Å². The quantitative estimate of drug-likeness (QED) is 0.648. The van der Waals surface area contributed by atoms with E-state index in [-0.39, 0.29) is 12.5 Å². The molecule has 2 rings (SSSR count). The van der Waals surface area contributed by atoms with E-state index in [2.05, 4.69) is 5.32 Å². The molecular formula is C16H21NO3S. The van der Waals surface area contributed by atoms with Crippen LogP contribution in [0.4, 0.5) is 0 Å². The molecule has 4 nitrogen and oxygen atoms in total. The number of aliphatic carboxylic acids is 1. The number of amides is 1. The fraction of sp³-hybridized carbons (Fsp3) is 0.500. The summed E-state index contributed by atoms with van der Waals surface area (Å²) in [6.07, 6.45) is 8.54. The normalized spacial score (nSPS) is 18.3. The van der Waals surface area contributed by atoms with Gasteiger partial charge in [0.1, 0.15) is 0 Å². The number of carbonyl (C=O) groups is 2. The number of rotatable bonds is 5. The zero-order chi connectivity index (χ0) is 15.1. The summed E-state index contributed by atoms with van der Waals surface area (Å²) in [4.78, 5) is 24.5. The lowest BCUT2D eigenvalue weighted by molar-refractivity contribution is -0.149. The van der Waals surface area contributed by atoms with Crippen molar-refractivity contribution in [1.29, 1.82) is 0 Å². The van der Waals surface area contributed by atoms with Crippen LogP contribution in [-0.2, 0) is 9.59 Å². The van der Waals surface area contributed by atoms with Crippen molar-refractivity contribution in [2.24, 2.45) is 5.41 Å². The molecule has 2 N–H and O–H groups in total. The van der Waals surface area contributed by atoms with Gasteiger partial charge >= 0.3 is 5.97 Å². The highest BCUT2D eigenvalue weighted by molar-refractivity contribution is 7.10. The van der Waals surface area contributed by atoms with Crippen molar-refractivity contribution in [3.8, 4) is 0 Å². The summed E-state index contributed by atoms with van der Waals surface area (Å²) in [7, 11) is 0. The maximum atomic E-state index is 11.8. The molecule has 0 radical (unpaired) electrons. The summed E-state index contributed by atoms with van der Waals surface area (Å²) in [5.74, 6) is -1.01. The molecule has 5 heteroatoms. The second-order valence-corrected chi connectivity index (χ2v) is 6.55. The molecule has 1 aromatic rings. The summed E-state index contributed by atoms with van der Waals surface area (Å²) < 4.78 is 0. The molecule has 0 bridgehead atoms. The smallest absolute Gasteiger partial charge is 0.311 e. The minimum Gasteiger partial charge on any atom is -0.481 e. The maximum absolute atomic E-state index is 11.8. The summed E-state index contributed by atoms with van der Waals surface area (Å²) in [5.41, 5.74) is -0.789. The first-order chi connectivity index (χ1) is 10.1. The number of carboxylic acids is 1. The molecule has 1 heterocycles. The van der Waals surface area contributed by atoms with Gasteiger partial charge in [0, 0.05) is 17.5 Å². The molecule has 0 saturated heterocycles. The minimum absolute atomic E-state index is 0.218. The van der Waals surface area contributed by atoms with Crippen molar-refractivity contribution in [2.75, 3.05) is 6.54 Å². The first-order valence-corrected chi connectivity index (χ1v) is 8.23. The number of hydrogen-bond donors (Lipinski definition) is 2. The summed E-state index contributed by atoms with van der Waals surface area (Å²) in [6, 6.07) is 3.85. The molecule has 0 atom stereocenters. The van der Waals surface area contributed by atoms with Crippen LogP contribution in [0.2, 0.25) is 0 Å². The predicted octanol–water partition coefficient (Wildman–Crippen LogP) is 3.30. The van der Waals surface area contributed by atoms with Crippen LogP contribution in [0.25, 0.3) is 6.08 Å². The molecule has 114 valence electrons. The van der Waals surface area contributed by atoms with Crippen molar-refractivity contribution in [1.82, 2.24) is 5.32 Å². The molecule has 0 aliphatic heterocycles. The Labute approximate surface area is 128 Å². The standard InChI is InChI=1S/C16H21NO3S/c18-14(8-7-13-6-5-11-21-13)17-12-16(15(19)20)9-3-1-2-4-10-16/h5-8,11H,1-4,9-10,12H2,(H,17,18)(H,19,20)/b8-7+. The molecular weight excluding hydrogens is 286 g/mol. The van der Waals surface area contributed by atoms with Gasteiger partial charge < -0.3 is 10.4 Å². The Kier molecular flexibility index (Phi) is 5.56. The van der Waals surface area contributed by atoms with Crippen molar-refractivity contribution in [3.63, 3.8) is 0 Å². The van der Waals surface area contributed by atoms with Gasteiger partial charge in [-0.05, 0) is 30.4 Å². The Bertz CT molecular complexity index is 500. The monoisotopic (exact) mass is 307 g/mol. The van der Waals surface area contributed by atoms with E-state index in [4.69, 9.17) is 0 Å². The van der Waals surface area contributed by atoms with Crippen LogP contribution >= 0.6 is 11.3 Å². The van der Waals surface area contributed by atoms with Gasteiger partial charge in [-0.25, -0.2) is 0 Å². The SMILES string of the molecule is O=C(/C=C/c1cccs1)NCC1(C(=O)O)CCCCCC1. The number of carboxylic acid groups (broad SMARTS) is 1. The lowest BCUT2D eigenvalue weighted by atomic mass is 9.80. The Hall–Kier alpha value is -1.62. The van der Waals surface area contributed by atoms with Gasteiger partial charge in [0.25, 0.3) is 0 Å². The minimum atomic E-state index is -0.789. The van der Waals surface area contributed by atoms with Crippen LogP contribution < -0.4 is 5.32 Å². The first kappa shape index (κ1) is 15.8. The lowest BCUT2D eigenvalue weighted by Gasteiger charge is -2.27. The van der Waals surface area contributed by atoms with Crippen molar-refractivity contribution < 1.29 is 14.7 Å². The van der Waals surface area contributed by atoms with E-state index in [1.807, 2.05) is 17.5 Å². The average molecular weight is 307 g/mol. The van der Waals surface area contributed by atoms with Crippen LogP contribution in [0.5, 0.6) is 0 Å². The molecule has 1 amide bonds. The molecule has 0 spiro atoms. The van der Waals surface area contributed by atoms with E-state index in [1.165, 1.54) is 6.08 Å². The summed E-state index contributed by atoms with van der Waals surface area (Å²) in [6.45, 7) is 0.218.